The molecule has 0 saturated carbocycles. The van der Waals surface area contributed by atoms with Gasteiger partial charge in [-0.1, -0.05) is 42.7 Å². The zero-order chi connectivity index (χ0) is 15.1. The molecule has 2 rings (SSSR count). The number of morpholine rings is 1. The molecule has 1 aromatic heterocycles. The minimum atomic E-state index is 0. The number of hydrogen-bond donors (Lipinski definition) is 0. The first-order valence-electron chi connectivity index (χ1n) is 7.06. The number of aromatic nitrogens is 2. The topological polar surface area (TPSA) is 30.3 Å². The summed E-state index contributed by atoms with van der Waals surface area (Å²) in [5, 5.41) is 4.60. The van der Waals surface area contributed by atoms with Crippen molar-refractivity contribution in [3.8, 4) is 0 Å². The van der Waals surface area contributed by atoms with Crippen LogP contribution in [0.2, 0.25) is 0 Å². The number of nitrogens with zero attached hydrogens (tertiary/aromatic N) is 3. The van der Waals surface area contributed by atoms with Crippen LogP contribution in [0.4, 0.5) is 0 Å². The average Bonchev–Trinajstić information content (AvgIpc) is 2.98. The molecule has 1 fully saturated rings. The molecule has 0 N–H and O–H groups in total. The number of ether oxygens (including phenoxy) is 1. The molecule has 0 spiro atoms. The van der Waals surface area contributed by atoms with Crippen molar-refractivity contribution in [1.29, 1.82) is 0 Å². The zero-order valence-electron chi connectivity index (χ0n) is 13.5. The van der Waals surface area contributed by atoms with Crippen molar-refractivity contribution >= 4 is 11.4 Å². The Balaban J connectivity index is 0.00000242. The molecule has 1 aliphatic rings. The Kier molecular flexibility index (Phi) is 9.08. The molecule has 1 saturated heterocycles. The van der Waals surface area contributed by atoms with Crippen LogP contribution < -0.4 is 51.4 Å². The summed E-state index contributed by atoms with van der Waals surface area (Å²) >= 11 is 0. The third kappa shape index (κ3) is 4.98. The third-order valence-corrected chi connectivity index (χ3v) is 3.21. The Hall–Kier alpha value is -0.564. The quantitative estimate of drug-likeness (QED) is 0.427. The van der Waals surface area contributed by atoms with Crippen LogP contribution in [0.3, 0.4) is 0 Å². The first-order valence-corrected chi connectivity index (χ1v) is 7.06. The summed E-state index contributed by atoms with van der Waals surface area (Å²) in [7, 11) is 0. The second kappa shape index (κ2) is 10.3. The average molecular weight is 322 g/mol. The van der Waals surface area contributed by atoms with Gasteiger partial charge >= 0.3 is 51.4 Å². The second-order valence-electron chi connectivity index (χ2n) is 4.59. The van der Waals surface area contributed by atoms with Gasteiger partial charge in [-0.3, -0.25) is 5.10 Å². The third-order valence-electron chi connectivity index (χ3n) is 3.21. The zero-order valence-corrected chi connectivity index (χ0v) is 16.6. The minimum Gasteiger partial charge on any atom is -0.430 e. The van der Waals surface area contributed by atoms with Crippen molar-refractivity contribution in [3.05, 3.63) is 61.8 Å². The molecule has 112 valence electrons. The first-order chi connectivity index (χ1) is 10.3. The van der Waals surface area contributed by atoms with E-state index in [1.165, 1.54) is 0 Å². The maximum Gasteiger partial charge on any atom is 1.00 e. The van der Waals surface area contributed by atoms with Crippen molar-refractivity contribution in [3.63, 3.8) is 0 Å². The summed E-state index contributed by atoms with van der Waals surface area (Å²) in [6.07, 6.45) is 12.6. The fourth-order valence-corrected chi connectivity index (χ4v) is 2.22. The fraction of sp³-hybridized carbons (Fsp3) is 0.294. The van der Waals surface area contributed by atoms with Crippen LogP contribution in [-0.4, -0.2) is 41.0 Å². The van der Waals surface area contributed by atoms with Crippen molar-refractivity contribution in [1.82, 2.24) is 14.7 Å². The van der Waals surface area contributed by atoms with Crippen molar-refractivity contribution < 1.29 is 56.1 Å². The molecular weight excluding hydrogens is 301 g/mol. The summed E-state index contributed by atoms with van der Waals surface area (Å²) in [6, 6.07) is 1.87. The molecule has 0 amide bonds. The molecular formula is C17H21KN3O-. The van der Waals surface area contributed by atoms with Gasteiger partial charge in [-0.25, -0.2) is 6.92 Å². The summed E-state index contributed by atoms with van der Waals surface area (Å²) in [5.41, 5.74) is 1.87. The largest absolute Gasteiger partial charge is 1.00 e. The minimum absolute atomic E-state index is 0. The molecule has 4 nitrogen and oxygen atoms in total. The molecule has 22 heavy (non-hydrogen) atoms. The molecule has 2 heterocycles. The van der Waals surface area contributed by atoms with Gasteiger partial charge in [0.15, 0.2) is 0 Å². The van der Waals surface area contributed by atoms with Gasteiger partial charge in [0.2, 0.25) is 0 Å². The second-order valence-corrected chi connectivity index (χ2v) is 4.59. The van der Waals surface area contributed by atoms with Gasteiger partial charge < -0.3 is 14.3 Å². The molecule has 0 unspecified atom stereocenters. The molecule has 1 aliphatic heterocycles. The fourth-order valence-electron chi connectivity index (χ4n) is 2.22. The molecule has 5 heteroatoms. The molecule has 0 bridgehead atoms. The smallest absolute Gasteiger partial charge is 0.430 e. The molecule has 0 aromatic carbocycles. The van der Waals surface area contributed by atoms with Crippen LogP contribution >= 0.6 is 0 Å². The summed E-state index contributed by atoms with van der Waals surface area (Å²) in [5.74, 6) is 0.933. The van der Waals surface area contributed by atoms with Gasteiger partial charge in [0.05, 0.1) is 13.2 Å². The van der Waals surface area contributed by atoms with Crippen LogP contribution in [0.25, 0.3) is 11.4 Å². The van der Waals surface area contributed by atoms with Gasteiger partial charge in [-0.05, 0) is 18.4 Å². The van der Waals surface area contributed by atoms with Gasteiger partial charge in [-0.2, -0.15) is 6.08 Å². The molecule has 1 aromatic rings. The molecule has 0 aliphatic carbocycles. The Morgan fingerprint density at radius 3 is 2.77 bits per heavy atom. The SMILES string of the molecule is C=C/C=C(\C=C/C)c1c[c-]n(/C(=C\[CH2-])N2CCOCC2)n1.[K+]. The summed E-state index contributed by atoms with van der Waals surface area (Å²) in [6.45, 7) is 12.8. The predicted molar refractivity (Wildman–Crippen MR) is 86.1 cm³/mol. The summed E-state index contributed by atoms with van der Waals surface area (Å²) < 4.78 is 7.12. The Bertz CT molecular complexity index is 566. The van der Waals surface area contributed by atoms with Gasteiger partial charge in [0, 0.05) is 13.1 Å². The number of hydrogen-bond acceptors (Lipinski definition) is 3. The summed E-state index contributed by atoms with van der Waals surface area (Å²) in [4.78, 5) is 2.20. The van der Waals surface area contributed by atoms with Crippen LogP contribution in [0.1, 0.15) is 12.6 Å². The van der Waals surface area contributed by atoms with Crippen molar-refractivity contribution in [2.24, 2.45) is 0 Å². The van der Waals surface area contributed by atoms with Gasteiger partial charge in [-0.15, -0.1) is 6.07 Å². The van der Waals surface area contributed by atoms with Crippen molar-refractivity contribution in [2.75, 3.05) is 26.3 Å². The van der Waals surface area contributed by atoms with E-state index < -0.39 is 0 Å². The van der Waals surface area contributed by atoms with E-state index in [4.69, 9.17) is 4.74 Å². The van der Waals surface area contributed by atoms with E-state index in [2.05, 4.69) is 29.7 Å². The maximum absolute atomic E-state index is 5.38. The van der Waals surface area contributed by atoms with Crippen LogP contribution in [-0.2, 0) is 4.74 Å². The van der Waals surface area contributed by atoms with E-state index in [9.17, 15) is 0 Å². The van der Waals surface area contributed by atoms with E-state index in [1.807, 2.05) is 37.3 Å². The van der Waals surface area contributed by atoms with Crippen LogP contribution in [0.15, 0.2) is 43.0 Å². The van der Waals surface area contributed by atoms with Gasteiger partial charge in [0.25, 0.3) is 0 Å². The predicted octanol–water partition coefficient (Wildman–Crippen LogP) is -0.203. The van der Waals surface area contributed by atoms with Crippen molar-refractivity contribution in [2.45, 2.75) is 6.92 Å². The van der Waals surface area contributed by atoms with Crippen LogP contribution in [0, 0.1) is 13.1 Å². The normalized spacial score (nSPS) is 16.7. The standard InChI is InChI=1S/C17H21N3O.K/c1-4-7-15(8-5-2)16-9-10-20(18-16)17(6-3)19-11-13-21-14-12-19;/h4-9H,1,3,11-14H2,2H3;/q-2;+1/b8-5-,15-7+,17-6-;. The maximum atomic E-state index is 5.38. The van der Waals surface area contributed by atoms with E-state index in [0.29, 0.717) is 0 Å². The Labute approximate surface area is 175 Å². The monoisotopic (exact) mass is 322 g/mol. The first kappa shape index (κ1) is 19.5. The van der Waals surface area contributed by atoms with Crippen LogP contribution in [0.5, 0.6) is 0 Å². The van der Waals surface area contributed by atoms with E-state index in [0.717, 1.165) is 43.4 Å². The Morgan fingerprint density at radius 1 is 1.45 bits per heavy atom. The number of allylic oxidation sites excluding steroid dienone is 6. The van der Waals surface area contributed by atoms with E-state index in [1.54, 1.807) is 10.8 Å². The van der Waals surface area contributed by atoms with E-state index in [-0.39, 0.29) is 51.4 Å². The molecule has 0 radical (unpaired) electrons. The Morgan fingerprint density at radius 2 is 2.18 bits per heavy atom. The van der Waals surface area contributed by atoms with Gasteiger partial charge in [0.1, 0.15) is 0 Å². The number of rotatable bonds is 5. The van der Waals surface area contributed by atoms with E-state index >= 15 is 0 Å². The molecule has 0 atom stereocenters.